The van der Waals surface area contributed by atoms with Crippen LogP contribution in [0.4, 0.5) is 11.4 Å². The summed E-state index contributed by atoms with van der Waals surface area (Å²) in [6, 6.07) is 11.5. The number of terminal acetylenes is 1. The Hall–Kier alpha value is -2.36. The lowest BCUT2D eigenvalue weighted by molar-refractivity contribution is -0.120. The van der Waals surface area contributed by atoms with Crippen molar-refractivity contribution in [2.45, 2.75) is 90.8 Å². The number of halogens is 2. The van der Waals surface area contributed by atoms with Crippen LogP contribution in [0.2, 0.25) is 19.6 Å². The first-order valence-electron chi connectivity index (χ1n) is 14.9. The maximum atomic E-state index is 11.6. The van der Waals surface area contributed by atoms with E-state index in [0.717, 1.165) is 46.8 Å². The van der Waals surface area contributed by atoms with E-state index in [1.54, 1.807) is 13.8 Å². The summed E-state index contributed by atoms with van der Waals surface area (Å²) in [6.45, 7) is 19.9. The van der Waals surface area contributed by atoms with Crippen LogP contribution in [-0.2, 0) is 20.4 Å². The number of rotatable bonds is 7. The third-order valence-corrected chi connectivity index (χ3v) is 9.71. The average molecular weight is 732 g/mol. The van der Waals surface area contributed by atoms with Crippen LogP contribution in [0.3, 0.4) is 0 Å². The van der Waals surface area contributed by atoms with Gasteiger partial charge in [-0.05, 0) is 115 Å². The molecule has 2 aliphatic rings. The Morgan fingerprint density at radius 2 is 1.26 bits per heavy atom. The van der Waals surface area contributed by atoms with Crippen molar-refractivity contribution in [3.8, 4) is 22.7 Å². The van der Waals surface area contributed by atoms with Crippen LogP contribution in [0.25, 0.3) is 0 Å². The maximum Gasteiger partial charge on any atom is 0.140 e. The summed E-state index contributed by atoms with van der Waals surface area (Å²) in [7, 11) is -1.10. The molecular weight excluding hydrogens is 682 g/mol. The van der Waals surface area contributed by atoms with Crippen molar-refractivity contribution in [2.24, 2.45) is 0 Å². The van der Waals surface area contributed by atoms with Gasteiger partial charge in [0.05, 0.1) is 10.8 Å². The number of hydrogen-bond acceptors (Lipinski definition) is 5. The topological polar surface area (TPSA) is 89.4 Å². The minimum Gasteiger partial charge on any atom is -0.398 e. The summed E-state index contributed by atoms with van der Waals surface area (Å²) in [5.41, 5.74) is 18.1. The number of benzene rings is 2. The first kappa shape index (κ1) is 38.7. The van der Waals surface area contributed by atoms with Crippen LogP contribution in [-0.4, -0.2) is 44.2 Å². The summed E-state index contributed by atoms with van der Waals surface area (Å²) in [4.78, 5) is 28.1. The normalized spacial score (nSPS) is 14.9. The van der Waals surface area contributed by atoms with Gasteiger partial charge in [-0.25, -0.2) is 0 Å². The predicted octanol–water partition coefficient (Wildman–Crippen LogP) is 8.09. The molecule has 0 atom stereocenters. The Morgan fingerprint density at radius 1 is 0.860 bits per heavy atom. The molecule has 4 rings (SSSR count). The van der Waals surface area contributed by atoms with Crippen LogP contribution in [0.5, 0.6) is 0 Å². The number of nitrogen functional groups attached to an aromatic ring is 2. The molecule has 2 aromatic carbocycles. The average Bonchev–Trinajstić information content (AvgIpc) is 3.88. The van der Waals surface area contributed by atoms with E-state index >= 15 is 0 Å². The van der Waals surface area contributed by atoms with Crippen LogP contribution in [0, 0.1) is 22.7 Å². The van der Waals surface area contributed by atoms with Gasteiger partial charge in [0, 0.05) is 37.3 Å². The van der Waals surface area contributed by atoms with Crippen molar-refractivity contribution >= 4 is 62.9 Å². The quantitative estimate of drug-likeness (QED) is 0.171. The van der Waals surface area contributed by atoms with Gasteiger partial charge in [-0.1, -0.05) is 58.5 Å². The van der Waals surface area contributed by atoms with Gasteiger partial charge in [-0.15, -0.1) is 12.0 Å². The van der Waals surface area contributed by atoms with Gasteiger partial charge >= 0.3 is 0 Å². The summed E-state index contributed by atoms with van der Waals surface area (Å²) in [5.74, 6) is 3.38. The maximum absolute atomic E-state index is 11.6. The molecule has 0 aromatic heterocycles. The fourth-order valence-corrected chi connectivity index (χ4v) is 5.04. The van der Waals surface area contributed by atoms with Crippen molar-refractivity contribution in [1.82, 2.24) is 4.90 Å². The fraction of sp³-hybridized carbons (Fsp3) is 0.486. The van der Waals surface area contributed by atoms with E-state index < -0.39 is 8.07 Å². The monoisotopic (exact) mass is 729 g/mol. The second-order valence-corrected chi connectivity index (χ2v) is 18.1. The molecule has 0 bridgehead atoms. The molecule has 0 spiro atoms. The lowest BCUT2D eigenvalue weighted by atomic mass is 9.90. The highest BCUT2D eigenvalue weighted by atomic mass is 79.9. The van der Waals surface area contributed by atoms with Crippen LogP contribution >= 0.6 is 31.9 Å². The summed E-state index contributed by atoms with van der Waals surface area (Å²) in [5, 5.41) is 0. The van der Waals surface area contributed by atoms with Crippen molar-refractivity contribution in [3.63, 3.8) is 0 Å². The minimum absolute atomic E-state index is 0.198. The summed E-state index contributed by atoms with van der Waals surface area (Å²) < 4.78 is 0.877. The Bertz CT molecular complexity index is 1350. The van der Waals surface area contributed by atoms with Crippen LogP contribution < -0.4 is 11.5 Å². The first-order chi connectivity index (χ1) is 20.1. The lowest BCUT2D eigenvalue weighted by Gasteiger charge is -2.13. The van der Waals surface area contributed by atoms with Crippen molar-refractivity contribution in [2.75, 3.05) is 31.1 Å². The van der Waals surface area contributed by atoms with E-state index in [4.69, 9.17) is 17.9 Å². The number of Topliss-reactive ketones (excluding diaryl/α,β-unsaturated/α-hetero) is 2. The van der Waals surface area contributed by atoms with Gasteiger partial charge in [0.1, 0.15) is 19.6 Å². The van der Waals surface area contributed by atoms with Gasteiger partial charge in [-0.2, -0.15) is 0 Å². The number of nitrogens with two attached hydrogens (primary N) is 2. The zero-order chi connectivity index (χ0) is 33.0. The third kappa shape index (κ3) is 11.6. The standard InChI is InChI=1S/C13H12BrNO.C11H12BrNO.C6H15N.C5H10Si/c1-9(16)13(5-6-13)11-2-3-12(15)10(8-11)4-7-14;1-7(14)11(4-5-11)8-2-3-10(13)9(12)6-8;1-4-7(5-2)6-3;1-5-6(2,3)4/h2-3,8H,5-6,15H2,1H3;2-3,6H,4-5,13H2,1H3;4-6H2,1-3H3;1H,2-4H3. The summed E-state index contributed by atoms with van der Waals surface area (Å²) in [6.07, 6.45) is 8.93. The Balaban J connectivity index is 0.000000311. The first-order valence-corrected chi connectivity index (χ1v) is 19.9. The number of anilines is 2. The number of hydrogen-bond donors (Lipinski definition) is 2. The van der Waals surface area contributed by atoms with Gasteiger partial charge in [-0.3, -0.25) is 9.59 Å². The molecule has 0 heterocycles. The molecule has 2 fully saturated rings. The molecule has 43 heavy (non-hydrogen) atoms. The predicted molar refractivity (Wildman–Crippen MR) is 194 cm³/mol. The molecule has 2 aromatic rings. The lowest BCUT2D eigenvalue weighted by Crippen LogP contribution is -2.21. The Kier molecular flexibility index (Phi) is 15.5. The zero-order valence-electron chi connectivity index (χ0n) is 27.2. The third-order valence-electron chi connectivity index (χ3n) is 7.96. The van der Waals surface area contributed by atoms with E-state index in [1.807, 2.05) is 36.4 Å². The number of carbonyl (C=O) groups is 2. The molecule has 234 valence electrons. The Labute approximate surface area is 278 Å². The van der Waals surface area contributed by atoms with Gasteiger partial charge in [0.2, 0.25) is 0 Å². The molecular formula is C35H49Br2N3O2Si. The highest BCUT2D eigenvalue weighted by Crippen LogP contribution is 2.50. The highest BCUT2D eigenvalue weighted by Gasteiger charge is 2.49. The molecule has 0 saturated heterocycles. The molecule has 2 aliphatic carbocycles. The highest BCUT2D eigenvalue weighted by molar-refractivity contribution is 9.12. The van der Waals surface area contributed by atoms with Crippen molar-refractivity contribution < 1.29 is 9.59 Å². The van der Waals surface area contributed by atoms with Crippen LogP contribution in [0.1, 0.15) is 77.0 Å². The zero-order valence-corrected chi connectivity index (χ0v) is 31.3. The smallest absolute Gasteiger partial charge is 0.140 e. The molecule has 4 N–H and O–H groups in total. The molecule has 8 heteroatoms. The van der Waals surface area contributed by atoms with Crippen molar-refractivity contribution in [3.05, 3.63) is 57.6 Å². The largest absolute Gasteiger partial charge is 0.398 e. The molecule has 2 saturated carbocycles. The Morgan fingerprint density at radius 3 is 1.53 bits per heavy atom. The minimum atomic E-state index is -1.10. The van der Waals surface area contributed by atoms with Crippen molar-refractivity contribution in [1.29, 1.82) is 0 Å². The number of nitrogens with zero attached hydrogens (tertiary/aromatic N) is 1. The van der Waals surface area contributed by atoms with Gasteiger partial charge in [0.25, 0.3) is 0 Å². The van der Waals surface area contributed by atoms with E-state index in [2.05, 4.69) is 93.5 Å². The van der Waals surface area contributed by atoms with Crippen LogP contribution in [0.15, 0.2) is 40.9 Å². The SMILES string of the molecule is C#C[Si](C)(C)C.CC(=O)C1(c2ccc(N)c(Br)c2)CC1.CC(=O)C1(c2ccc(N)c(C#CBr)c2)CC1.CCN(CC)CC. The fourth-order valence-electron chi connectivity index (χ4n) is 4.45. The molecule has 5 nitrogen and oxygen atoms in total. The van der Waals surface area contributed by atoms with Gasteiger partial charge in [0.15, 0.2) is 0 Å². The second kappa shape index (κ2) is 17.2. The molecule has 0 radical (unpaired) electrons. The second-order valence-electron chi connectivity index (χ2n) is 12.0. The van der Waals surface area contributed by atoms with E-state index in [0.29, 0.717) is 11.4 Å². The number of ketones is 2. The van der Waals surface area contributed by atoms with Gasteiger partial charge < -0.3 is 16.4 Å². The molecule has 0 aliphatic heterocycles. The van der Waals surface area contributed by atoms with E-state index in [9.17, 15) is 9.59 Å². The number of carbonyl (C=O) groups excluding carboxylic acids is 2. The van der Waals surface area contributed by atoms with E-state index in [-0.39, 0.29) is 22.4 Å². The summed E-state index contributed by atoms with van der Waals surface area (Å²) >= 11 is 6.44. The van der Waals surface area contributed by atoms with E-state index in [1.165, 1.54) is 19.6 Å². The molecule has 0 unspecified atom stereocenters. The molecule has 0 amide bonds.